The first kappa shape index (κ1) is 24.0. The third kappa shape index (κ3) is 6.03. The Kier molecular flexibility index (Phi) is 7.64. The molecule has 7 nitrogen and oxygen atoms in total. The van der Waals surface area contributed by atoms with Crippen molar-refractivity contribution in [2.75, 3.05) is 23.4 Å². The van der Waals surface area contributed by atoms with Gasteiger partial charge >= 0.3 is 0 Å². The fourth-order valence-electron chi connectivity index (χ4n) is 3.66. The summed E-state index contributed by atoms with van der Waals surface area (Å²) in [5.41, 5.74) is 2.42. The fourth-order valence-corrected chi connectivity index (χ4v) is 4.55. The fraction of sp³-hybridized carbons (Fsp3) is 0.240. The first-order valence-electron chi connectivity index (χ1n) is 10.8. The van der Waals surface area contributed by atoms with Crippen LogP contribution >= 0.6 is 27.3 Å². The van der Waals surface area contributed by atoms with E-state index in [-0.39, 0.29) is 36.7 Å². The van der Waals surface area contributed by atoms with Gasteiger partial charge in [-0.2, -0.15) is 0 Å². The van der Waals surface area contributed by atoms with Crippen molar-refractivity contribution in [1.82, 2.24) is 5.32 Å². The van der Waals surface area contributed by atoms with Crippen molar-refractivity contribution in [3.8, 4) is 5.75 Å². The molecule has 1 saturated heterocycles. The van der Waals surface area contributed by atoms with E-state index >= 15 is 0 Å². The van der Waals surface area contributed by atoms with Crippen LogP contribution in [0.1, 0.15) is 16.9 Å². The first-order valence-corrected chi connectivity index (χ1v) is 12.5. The monoisotopic (exact) mass is 541 g/mol. The minimum Gasteiger partial charge on any atom is -0.484 e. The molecule has 1 aliphatic rings. The van der Waals surface area contributed by atoms with E-state index < -0.39 is 0 Å². The molecular weight excluding hydrogens is 518 g/mol. The second kappa shape index (κ2) is 10.8. The Hall–Kier alpha value is -3.17. The van der Waals surface area contributed by atoms with Crippen molar-refractivity contribution < 1.29 is 19.1 Å². The lowest BCUT2D eigenvalue weighted by Gasteiger charge is -2.17. The summed E-state index contributed by atoms with van der Waals surface area (Å²) < 4.78 is 6.55. The lowest BCUT2D eigenvalue weighted by molar-refractivity contribution is -0.126. The number of thiophene rings is 1. The van der Waals surface area contributed by atoms with Crippen LogP contribution in [-0.2, 0) is 20.9 Å². The maximum absolute atomic E-state index is 12.5. The van der Waals surface area contributed by atoms with E-state index in [4.69, 9.17) is 4.74 Å². The van der Waals surface area contributed by atoms with Crippen LogP contribution in [0.25, 0.3) is 0 Å². The van der Waals surface area contributed by atoms with E-state index in [0.717, 1.165) is 14.9 Å². The maximum atomic E-state index is 12.5. The number of carbonyl (C=O) groups is 3. The van der Waals surface area contributed by atoms with E-state index in [0.29, 0.717) is 30.2 Å². The molecule has 9 heteroatoms. The van der Waals surface area contributed by atoms with Crippen LogP contribution in [0.5, 0.6) is 5.75 Å². The van der Waals surface area contributed by atoms with Crippen LogP contribution in [0.4, 0.5) is 11.4 Å². The molecule has 176 valence electrons. The van der Waals surface area contributed by atoms with Crippen LogP contribution in [0, 0.1) is 12.8 Å². The Balaban J connectivity index is 1.27. The van der Waals surface area contributed by atoms with Crippen molar-refractivity contribution >= 4 is 56.4 Å². The maximum Gasteiger partial charge on any atom is 0.262 e. The number of aryl methyl sites for hydroxylation is 1. The molecule has 1 fully saturated rings. The molecule has 1 aromatic heterocycles. The topological polar surface area (TPSA) is 87.7 Å². The number of amides is 3. The number of rotatable bonds is 8. The predicted octanol–water partition coefficient (Wildman–Crippen LogP) is 4.51. The van der Waals surface area contributed by atoms with Crippen molar-refractivity contribution in [3.63, 3.8) is 0 Å². The standard InChI is InChI=1S/C25H24BrN3O4S/c1-16-11-18(4-9-22(16)26)28-23(30)15-33-20-7-5-19(6-8-20)29-14-17(12-24(29)31)25(32)27-13-21-3-2-10-34-21/h2-11,17H,12-15H2,1H3,(H,27,32)(H,28,30)/t17-/m0/s1. The zero-order valence-electron chi connectivity index (χ0n) is 18.5. The molecule has 34 heavy (non-hydrogen) atoms. The largest absolute Gasteiger partial charge is 0.484 e. The SMILES string of the molecule is Cc1cc(NC(=O)COc2ccc(N3C[C@@H](C(=O)NCc4cccs4)CC3=O)cc2)ccc1Br. The summed E-state index contributed by atoms with van der Waals surface area (Å²) in [5.74, 6) is -0.334. The molecule has 0 spiro atoms. The van der Waals surface area contributed by atoms with Gasteiger partial charge < -0.3 is 20.3 Å². The number of benzene rings is 2. The lowest BCUT2D eigenvalue weighted by atomic mass is 10.1. The lowest BCUT2D eigenvalue weighted by Crippen LogP contribution is -2.32. The summed E-state index contributed by atoms with van der Waals surface area (Å²) in [6.07, 6.45) is 0.185. The Bertz CT molecular complexity index is 1180. The smallest absolute Gasteiger partial charge is 0.262 e. The highest BCUT2D eigenvalue weighted by atomic mass is 79.9. The molecule has 0 unspecified atom stereocenters. The normalized spacial score (nSPS) is 15.3. The van der Waals surface area contributed by atoms with Crippen LogP contribution in [0.3, 0.4) is 0 Å². The van der Waals surface area contributed by atoms with Crippen LogP contribution < -0.4 is 20.3 Å². The molecule has 2 N–H and O–H groups in total. The number of ether oxygens (including phenoxy) is 1. The Morgan fingerprint density at radius 3 is 2.68 bits per heavy atom. The molecule has 0 radical (unpaired) electrons. The van der Waals surface area contributed by atoms with Crippen LogP contribution in [-0.4, -0.2) is 30.9 Å². The molecule has 4 rings (SSSR count). The number of carbonyl (C=O) groups excluding carboxylic acids is 3. The van der Waals surface area contributed by atoms with Crippen molar-refractivity contribution in [3.05, 3.63) is 74.9 Å². The van der Waals surface area contributed by atoms with E-state index in [2.05, 4.69) is 26.6 Å². The third-order valence-electron chi connectivity index (χ3n) is 5.47. The molecule has 1 aliphatic heterocycles. The Labute approximate surface area is 210 Å². The van der Waals surface area contributed by atoms with Crippen LogP contribution in [0.2, 0.25) is 0 Å². The second-order valence-electron chi connectivity index (χ2n) is 8.00. The number of hydrogen-bond donors (Lipinski definition) is 2. The molecule has 0 aliphatic carbocycles. The minimum atomic E-state index is -0.380. The highest BCUT2D eigenvalue weighted by Crippen LogP contribution is 2.27. The van der Waals surface area contributed by atoms with Gasteiger partial charge in [-0.15, -0.1) is 11.3 Å². The molecule has 3 aromatic rings. The van der Waals surface area contributed by atoms with Crippen molar-refractivity contribution in [2.24, 2.45) is 5.92 Å². The highest BCUT2D eigenvalue weighted by molar-refractivity contribution is 9.10. The first-order chi connectivity index (χ1) is 16.4. The summed E-state index contributed by atoms with van der Waals surface area (Å²) in [4.78, 5) is 39.9. The van der Waals surface area contributed by atoms with E-state index in [9.17, 15) is 14.4 Å². The summed E-state index contributed by atoms with van der Waals surface area (Å²) in [5, 5.41) is 7.68. The van der Waals surface area contributed by atoms with Gasteiger partial charge in [-0.1, -0.05) is 22.0 Å². The van der Waals surface area contributed by atoms with Gasteiger partial charge in [-0.05, 0) is 66.4 Å². The van der Waals surface area contributed by atoms with Crippen LogP contribution in [0.15, 0.2) is 64.5 Å². The quantitative estimate of drug-likeness (QED) is 0.439. The average Bonchev–Trinajstić information content (AvgIpc) is 3.49. The van der Waals surface area contributed by atoms with E-state index in [1.165, 1.54) is 0 Å². The second-order valence-corrected chi connectivity index (χ2v) is 9.88. The molecular formula is C25H24BrN3O4S. The van der Waals surface area contributed by atoms with Gasteiger partial charge in [0.15, 0.2) is 6.61 Å². The third-order valence-corrected chi connectivity index (χ3v) is 7.24. The molecule has 0 bridgehead atoms. The van der Waals surface area contributed by atoms with Crippen molar-refractivity contribution in [1.29, 1.82) is 0 Å². The number of anilines is 2. The van der Waals surface area contributed by atoms with Gasteiger partial charge in [-0.3, -0.25) is 14.4 Å². The molecule has 2 aromatic carbocycles. The summed E-state index contributed by atoms with van der Waals surface area (Å²) in [7, 11) is 0. The van der Waals surface area contributed by atoms with Gasteiger partial charge in [0.1, 0.15) is 5.75 Å². The van der Waals surface area contributed by atoms with Crippen molar-refractivity contribution in [2.45, 2.75) is 19.9 Å². The van der Waals surface area contributed by atoms with Gasteiger partial charge in [0.2, 0.25) is 11.8 Å². The molecule has 2 heterocycles. The Morgan fingerprint density at radius 2 is 1.97 bits per heavy atom. The molecule has 1 atom stereocenters. The van der Waals surface area contributed by atoms with E-state index in [1.807, 2.05) is 42.6 Å². The number of nitrogens with zero attached hydrogens (tertiary/aromatic N) is 1. The summed E-state index contributed by atoms with van der Waals surface area (Å²) in [6.45, 7) is 2.62. The Morgan fingerprint density at radius 1 is 1.18 bits per heavy atom. The van der Waals surface area contributed by atoms with Gasteiger partial charge in [0.25, 0.3) is 5.91 Å². The highest BCUT2D eigenvalue weighted by Gasteiger charge is 2.35. The number of halogens is 1. The van der Waals surface area contributed by atoms with Gasteiger partial charge in [0.05, 0.1) is 12.5 Å². The average molecular weight is 542 g/mol. The van der Waals surface area contributed by atoms with Gasteiger partial charge in [-0.25, -0.2) is 0 Å². The zero-order chi connectivity index (χ0) is 24.1. The molecule has 0 saturated carbocycles. The van der Waals surface area contributed by atoms with E-state index in [1.54, 1.807) is 40.5 Å². The predicted molar refractivity (Wildman–Crippen MR) is 136 cm³/mol. The summed E-state index contributed by atoms with van der Waals surface area (Å²) >= 11 is 5.02. The summed E-state index contributed by atoms with van der Waals surface area (Å²) in [6, 6.07) is 16.4. The number of nitrogens with one attached hydrogen (secondary N) is 2. The van der Waals surface area contributed by atoms with Gasteiger partial charge in [0, 0.05) is 33.7 Å². The zero-order valence-corrected chi connectivity index (χ0v) is 20.9. The minimum absolute atomic E-state index is 0.0888. The number of hydrogen-bond acceptors (Lipinski definition) is 5. The molecule has 3 amide bonds.